The van der Waals surface area contributed by atoms with Gasteiger partial charge in [0.2, 0.25) is 0 Å². The molecular formula is C12H19N5O. The van der Waals surface area contributed by atoms with Crippen LogP contribution in [0, 0.1) is 0 Å². The van der Waals surface area contributed by atoms with E-state index in [2.05, 4.69) is 20.7 Å². The van der Waals surface area contributed by atoms with Gasteiger partial charge in [-0.2, -0.15) is 5.10 Å². The number of hydrogen-bond acceptors (Lipinski definition) is 5. The first-order chi connectivity index (χ1) is 8.92. The van der Waals surface area contributed by atoms with Crippen LogP contribution in [0.15, 0.2) is 24.8 Å². The van der Waals surface area contributed by atoms with Crippen LogP contribution in [0.3, 0.4) is 0 Å². The van der Waals surface area contributed by atoms with Crippen LogP contribution < -0.4 is 10.6 Å². The van der Waals surface area contributed by atoms with Crippen molar-refractivity contribution in [1.29, 1.82) is 0 Å². The number of rotatable bonds is 8. The Hall–Kier alpha value is -1.50. The van der Waals surface area contributed by atoms with E-state index in [-0.39, 0.29) is 0 Å². The molecule has 0 unspecified atom stereocenters. The smallest absolute Gasteiger partial charge is 0.0889 e. The first-order valence-corrected chi connectivity index (χ1v) is 6.08. The predicted molar refractivity (Wildman–Crippen MR) is 69.4 cm³/mol. The third-order valence-electron chi connectivity index (χ3n) is 2.68. The van der Waals surface area contributed by atoms with E-state index in [4.69, 9.17) is 4.74 Å². The van der Waals surface area contributed by atoms with Crippen molar-refractivity contribution in [2.24, 2.45) is 0 Å². The lowest BCUT2D eigenvalue weighted by atomic mass is 10.3. The van der Waals surface area contributed by atoms with E-state index in [1.807, 2.05) is 23.1 Å². The maximum atomic E-state index is 4.95. The third kappa shape index (κ3) is 3.49. The second-order valence-electron chi connectivity index (χ2n) is 4.00. The Morgan fingerprint density at radius 1 is 1.22 bits per heavy atom. The van der Waals surface area contributed by atoms with E-state index in [0.717, 1.165) is 38.3 Å². The van der Waals surface area contributed by atoms with Gasteiger partial charge in [0, 0.05) is 51.2 Å². The molecule has 0 aliphatic rings. The Morgan fingerprint density at radius 3 is 3.00 bits per heavy atom. The molecule has 2 aromatic rings. The number of fused-ring (bicyclic) bond motifs is 1. The summed E-state index contributed by atoms with van der Waals surface area (Å²) in [5.41, 5.74) is 2.22. The van der Waals surface area contributed by atoms with Gasteiger partial charge >= 0.3 is 0 Å². The number of nitrogens with one attached hydrogen (secondary N) is 2. The van der Waals surface area contributed by atoms with Gasteiger partial charge in [-0.3, -0.25) is 4.98 Å². The summed E-state index contributed by atoms with van der Waals surface area (Å²) in [6, 6.07) is 0. The van der Waals surface area contributed by atoms with Gasteiger partial charge in [0.15, 0.2) is 0 Å². The van der Waals surface area contributed by atoms with E-state index in [1.165, 1.54) is 5.56 Å². The van der Waals surface area contributed by atoms with Crippen molar-refractivity contribution in [3.05, 3.63) is 30.4 Å². The molecule has 2 rings (SSSR count). The summed E-state index contributed by atoms with van der Waals surface area (Å²) in [4.78, 5) is 4.11. The lowest BCUT2D eigenvalue weighted by molar-refractivity contribution is 0.199. The monoisotopic (exact) mass is 249 g/mol. The molecule has 0 aromatic carbocycles. The predicted octanol–water partition coefficient (Wildman–Crippen LogP) is 0.0549. The average Bonchev–Trinajstić information content (AvgIpc) is 2.81. The van der Waals surface area contributed by atoms with Gasteiger partial charge in [0.1, 0.15) is 0 Å². The second kappa shape index (κ2) is 7.05. The molecule has 0 saturated carbocycles. The van der Waals surface area contributed by atoms with Crippen molar-refractivity contribution in [2.45, 2.75) is 6.54 Å². The molecule has 0 spiro atoms. The molecule has 18 heavy (non-hydrogen) atoms. The number of aromatic nitrogens is 3. The topological polar surface area (TPSA) is 63.5 Å². The van der Waals surface area contributed by atoms with Crippen molar-refractivity contribution >= 4 is 5.52 Å². The minimum absolute atomic E-state index is 0.750. The normalized spacial score (nSPS) is 11.2. The number of nitrogens with zero attached hydrogens (tertiary/aromatic N) is 3. The van der Waals surface area contributed by atoms with Crippen molar-refractivity contribution in [2.75, 3.05) is 33.4 Å². The minimum Gasteiger partial charge on any atom is -0.383 e. The lowest BCUT2D eigenvalue weighted by Crippen LogP contribution is -2.29. The first kappa shape index (κ1) is 12.9. The third-order valence-corrected chi connectivity index (χ3v) is 2.68. The quantitative estimate of drug-likeness (QED) is 0.648. The van der Waals surface area contributed by atoms with Crippen LogP contribution in [0.4, 0.5) is 0 Å². The Morgan fingerprint density at radius 2 is 2.11 bits per heavy atom. The summed E-state index contributed by atoms with van der Waals surface area (Å²) >= 11 is 0. The molecule has 0 radical (unpaired) electrons. The molecule has 6 nitrogen and oxygen atoms in total. The van der Waals surface area contributed by atoms with Crippen molar-refractivity contribution in [3.8, 4) is 0 Å². The molecule has 0 amide bonds. The molecule has 0 fully saturated rings. The molecule has 98 valence electrons. The summed E-state index contributed by atoms with van der Waals surface area (Å²) in [6.45, 7) is 4.29. The van der Waals surface area contributed by atoms with Gasteiger partial charge in [-0.05, 0) is 0 Å². The first-order valence-electron chi connectivity index (χ1n) is 6.08. The van der Waals surface area contributed by atoms with Crippen LogP contribution in [-0.4, -0.2) is 47.9 Å². The highest BCUT2D eigenvalue weighted by Crippen LogP contribution is 2.07. The SMILES string of the molecule is COCCNCCNCc1cnn2ccncc12. The van der Waals surface area contributed by atoms with Crippen LogP contribution in [0.25, 0.3) is 5.52 Å². The Balaban J connectivity index is 1.70. The Kier molecular flexibility index (Phi) is 5.07. The van der Waals surface area contributed by atoms with Crippen LogP contribution in [0.5, 0.6) is 0 Å². The van der Waals surface area contributed by atoms with Crippen molar-refractivity contribution in [1.82, 2.24) is 25.2 Å². The minimum atomic E-state index is 0.750. The second-order valence-corrected chi connectivity index (χ2v) is 4.00. The molecular weight excluding hydrogens is 230 g/mol. The summed E-state index contributed by atoms with van der Waals surface area (Å²) in [5, 5.41) is 10.9. The van der Waals surface area contributed by atoms with E-state index in [0.29, 0.717) is 0 Å². The van der Waals surface area contributed by atoms with Crippen molar-refractivity contribution in [3.63, 3.8) is 0 Å². The van der Waals surface area contributed by atoms with Crippen molar-refractivity contribution < 1.29 is 4.74 Å². The standard InChI is InChI=1S/C12H19N5O/c1-18-7-5-13-2-3-14-8-11-9-16-17-6-4-15-10-12(11)17/h4,6,9-10,13-14H,2-3,5,7-8H2,1H3. The molecule has 2 heterocycles. The summed E-state index contributed by atoms with van der Waals surface area (Å²) in [5.74, 6) is 0. The van der Waals surface area contributed by atoms with Crippen LogP contribution in [0.1, 0.15) is 5.56 Å². The van der Waals surface area contributed by atoms with Gasteiger partial charge in [-0.15, -0.1) is 0 Å². The summed E-state index contributed by atoms with van der Waals surface area (Å²) in [6.07, 6.45) is 7.30. The molecule has 0 bridgehead atoms. The molecule has 0 aliphatic carbocycles. The van der Waals surface area contributed by atoms with E-state index >= 15 is 0 Å². The van der Waals surface area contributed by atoms with Crippen LogP contribution in [0.2, 0.25) is 0 Å². The van der Waals surface area contributed by atoms with Gasteiger partial charge < -0.3 is 15.4 Å². The van der Waals surface area contributed by atoms with Gasteiger partial charge in [-0.25, -0.2) is 4.52 Å². The number of ether oxygens (including phenoxy) is 1. The highest BCUT2D eigenvalue weighted by atomic mass is 16.5. The maximum Gasteiger partial charge on any atom is 0.0889 e. The van der Waals surface area contributed by atoms with E-state index in [9.17, 15) is 0 Å². The fraction of sp³-hybridized carbons (Fsp3) is 0.500. The highest BCUT2D eigenvalue weighted by molar-refractivity contribution is 5.51. The summed E-state index contributed by atoms with van der Waals surface area (Å²) < 4.78 is 6.79. The molecule has 0 aliphatic heterocycles. The fourth-order valence-corrected chi connectivity index (χ4v) is 1.72. The van der Waals surface area contributed by atoms with Gasteiger partial charge in [0.05, 0.1) is 24.5 Å². The van der Waals surface area contributed by atoms with E-state index < -0.39 is 0 Å². The molecule has 0 atom stereocenters. The molecule has 2 N–H and O–H groups in total. The molecule has 2 aromatic heterocycles. The van der Waals surface area contributed by atoms with Crippen LogP contribution in [-0.2, 0) is 11.3 Å². The lowest BCUT2D eigenvalue weighted by Gasteiger charge is -2.05. The Labute approximate surface area is 106 Å². The number of hydrogen-bond donors (Lipinski definition) is 2. The highest BCUT2D eigenvalue weighted by Gasteiger charge is 2.02. The average molecular weight is 249 g/mol. The van der Waals surface area contributed by atoms with Crippen LogP contribution >= 0.6 is 0 Å². The zero-order valence-corrected chi connectivity index (χ0v) is 10.6. The fourth-order valence-electron chi connectivity index (χ4n) is 1.72. The maximum absolute atomic E-state index is 4.95. The zero-order chi connectivity index (χ0) is 12.6. The Bertz CT molecular complexity index is 470. The summed E-state index contributed by atoms with van der Waals surface area (Å²) in [7, 11) is 1.71. The molecule has 0 saturated heterocycles. The van der Waals surface area contributed by atoms with Gasteiger partial charge in [-0.1, -0.05) is 0 Å². The molecule has 6 heteroatoms. The largest absolute Gasteiger partial charge is 0.383 e. The van der Waals surface area contributed by atoms with E-state index in [1.54, 1.807) is 13.3 Å². The number of methoxy groups -OCH3 is 1. The van der Waals surface area contributed by atoms with Gasteiger partial charge in [0.25, 0.3) is 0 Å². The zero-order valence-electron chi connectivity index (χ0n) is 10.6.